The molecule has 1 amide bonds. The van der Waals surface area contributed by atoms with Gasteiger partial charge in [0.15, 0.2) is 0 Å². The summed E-state index contributed by atoms with van der Waals surface area (Å²) in [7, 11) is 0. The van der Waals surface area contributed by atoms with Gasteiger partial charge in [-0.15, -0.1) is 0 Å². The number of pyridine rings is 1. The number of rotatable bonds is 2. The number of aromatic nitrogens is 1. The van der Waals surface area contributed by atoms with E-state index in [1.165, 1.54) is 0 Å². The SMILES string of the molecule is Cc1cc(N)cc(C(=O)Nc2ccc(Br)nc2)c1. The highest BCUT2D eigenvalue weighted by Crippen LogP contribution is 2.15. The van der Waals surface area contributed by atoms with E-state index in [1.54, 1.807) is 30.5 Å². The Morgan fingerprint density at radius 1 is 1.33 bits per heavy atom. The number of carbonyl (C=O) groups is 1. The first kappa shape index (κ1) is 12.6. The van der Waals surface area contributed by atoms with Crippen LogP contribution in [-0.4, -0.2) is 10.9 Å². The molecule has 0 saturated heterocycles. The molecule has 18 heavy (non-hydrogen) atoms. The Morgan fingerprint density at radius 3 is 2.72 bits per heavy atom. The van der Waals surface area contributed by atoms with E-state index in [0.29, 0.717) is 16.9 Å². The first-order valence-corrected chi connectivity index (χ1v) is 6.14. The standard InChI is InChI=1S/C13H12BrN3O/c1-8-4-9(6-10(15)5-8)13(18)17-11-2-3-12(14)16-7-11/h2-7H,15H2,1H3,(H,17,18). The number of nitrogen functional groups attached to an aromatic ring is 1. The van der Waals surface area contributed by atoms with E-state index in [2.05, 4.69) is 26.2 Å². The molecule has 0 fully saturated rings. The van der Waals surface area contributed by atoms with Gasteiger partial charge in [0.25, 0.3) is 5.91 Å². The van der Waals surface area contributed by atoms with Crippen LogP contribution in [0, 0.1) is 6.92 Å². The molecule has 1 aromatic heterocycles. The van der Waals surface area contributed by atoms with Gasteiger partial charge in [0, 0.05) is 11.3 Å². The third-order valence-corrected chi connectivity index (χ3v) is 2.82. The summed E-state index contributed by atoms with van der Waals surface area (Å²) in [4.78, 5) is 16.0. The highest BCUT2D eigenvalue weighted by molar-refractivity contribution is 9.10. The van der Waals surface area contributed by atoms with Crippen molar-refractivity contribution in [1.82, 2.24) is 4.98 Å². The summed E-state index contributed by atoms with van der Waals surface area (Å²) in [6, 6.07) is 8.79. The summed E-state index contributed by atoms with van der Waals surface area (Å²) in [6.45, 7) is 1.90. The average molecular weight is 306 g/mol. The molecule has 1 aromatic carbocycles. The summed E-state index contributed by atoms with van der Waals surface area (Å²) < 4.78 is 0.722. The lowest BCUT2D eigenvalue weighted by molar-refractivity contribution is 0.102. The van der Waals surface area contributed by atoms with Crippen LogP contribution in [0.1, 0.15) is 15.9 Å². The second-order valence-electron chi connectivity index (χ2n) is 3.96. The Labute approximate surface area is 113 Å². The van der Waals surface area contributed by atoms with Crippen molar-refractivity contribution in [3.63, 3.8) is 0 Å². The summed E-state index contributed by atoms with van der Waals surface area (Å²) in [6.07, 6.45) is 1.58. The molecule has 1 heterocycles. The van der Waals surface area contributed by atoms with Gasteiger partial charge in [0.1, 0.15) is 4.60 Å². The van der Waals surface area contributed by atoms with E-state index < -0.39 is 0 Å². The molecule has 0 bridgehead atoms. The molecule has 0 spiro atoms. The molecule has 5 heteroatoms. The van der Waals surface area contributed by atoms with Crippen LogP contribution in [-0.2, 0) is 0 Å². The van der Waals surface area contributed by atoms with Gasteiger partial charge in [-0.2, -0.15) is 0 Å². The van der Waals surface area contributed by atoms with Crippen molar-refractivity contribution in [2.75, 3.05) is 11.1 Å². The number of amides is 1. The Bertz CT molecular complexity index is 561. The van der Waals surface area contributed by atoms with Crippen LogP contribution in [0.5, 0.6) is 0 Å². The van der Waals surface area contributed by atoms with Crippen molar-refractivity contribution >= 4 is 33.2 Å². The number of hydrogen-bond donors (Lipinski definition) is 2. The summed E-state index contributed by atoms with van der Waals surface area (Å²) in [5.41, 5.74) is 8.42. The topological polar surface area (TPSA) is 68.0 Å². The number of benzene rings is 1. The van der Waals surface area contributed by atoms with Gasteiger partial charge in [-0.05, 0) is 58.7 Å². The lowest BCUT2D eigenvalue weighted by atomic mass is 10.1. The smallest absolute Gasteiger partial charge is 0.255 e. The van der Waals surface area contributed by atoms with E-state index in [9.17, 15) is 4.79 Å². The quantitative estimate of drug-likeness (QED) is 0.662. The minimum atomic E-state index is -0.200. The number of nitrogens with zero attached hydrogens (tertiary/aromatic N) is 1. The van der Waals surface area contributed by atoms with E-state index in [4.69, 9.17) is 5.73 Å². The molecule has 92 valence electrons. The maximum atomic E-state index is 12.0. The van der Waals surface area contributed by atoms with E-state index in [0.717, 1.165) is 10.2 Å². The van der Waals surface area contributed by atoms with Gasteiger partial charge in [-0.1, -0.05) is 0 Å². The van der Waals surface area contributed by atoms with Gasteiger partial charge in [-0.25, -0.2) is 4.98 Å². The van der Waals surface area contributed by atoms with E-state index in [1.807, 2.05) is 13.0 Å². The molecule has 4 nitrogen and oxygen atoms in total. The Morgan fingerprint density at radius 2 is 2.11 bits per heavy atom. The number of anilines is 2. The highest BCUT2D eigenvalue weighted by Gasteiger charge is 2.07. The number of hydrogen-bond acceptors (Lipinski definition) is 3. The lowest BCUT2D eigenvalue weighted by Gasteiger charge is -2.06. The number of aryl methyl sites for hydroxylation is 1. The second-order valence-corrected chi connectivity index (χ2v) is 4.77. The summed E-state index contributed by atoms with van der Waals surface area (Å²) in [5, 5.41) is 2.76. The van der Waals surface area contributed by atoms with Crippen LogP contribution in [0.3, 0.4) is 0 Å². The molecule has 0 aliphatic carbocycles. The zero-order valence-electron chi connectivity index (χ0n) is 9.77. The Balaban J connectivity index is 2.19. The minimum absolute atomic E-state index is 0.200. The third-order valence-electron chi connectivity index (χ3n) is 2.35. The van der Waals surface area contributed by atoms with Crippen molar-refractivity contribution in [2.24, 2.45) is 0 Å². The zero-order chi connectivity index (χ0) is 13.1. The van der Waals surface area contributed by atoms with Crippen molar-refractivity contribution in [2.45, 2.75) is 6.92 Å². The summed E-state index contributed by atoms with van der Waals surface area (Å²) >= 11 is 3.24. The number of halogens is 1. The minimum Gasteiger partial charge on any atom is -0.399 e. The van der Waals surface area contributed by atoms with Crippen molar-refractivity contribution in [1.29, 1.82) is 0 Å². The molecule has 0 aliphatic rings. The van der Waals surface area contributed by atoms with Gasteiger partial charge in [0.2, 0.25) is 0 Å². The van der Waals surface area contributed by atoms with Crippen LogP contribution < -0.4 is 11.1 Å². The monoisotopic (exact) mass is 305 g/mol. The van der Waals surface area contributed by atoms with Crippen molar-refractivity contribution < 1.29 is 4.79 Å². The zero-order valence-corrected chi connectivity index (χ0v) is 11.4. The Kier molecular flexibility index (Phi) is 3.62. The van der Waals surface area contributed by atoms with E-state index >= 15 is 0 Å². The average Bonchev–Trinajstić information content (AvgIpc) is 2.31. The molecule has 0 atom stereocenters. The summed E-state index contributed by atoms with van der Waals surface area (Å²) in [5.74, 6) is -0.200. The maximum Gasteiger partial charge on any atom is 0.255 e. The fourth-order valence-corrected chi connectivity index (χ4v) is 1.83. The molecule has 0 radical (unpaired) electrons. The molecule has 2 rings (SSSR count). The van der Waals surface area contributed by atoms with Crippen LogP contribution >= 0.6 is 15.9 Å². The van der Waals surface area contributed by atoms with Gasteiger partial charge in [0.05, 0.1) is 11.9 Å². The molecule has 0 unspecified atom stereocenters. The van der Waals surface area contributed by atoms with Crippen LogP contribution in [0.15, 0.2) is 41.1 Å². The predicted molar refractivity (Wildman–Crippen MR) is 75.5 cm³/mol. The Hall–Kier alpha value is -1.88. The first-order chi connectivity index (χ1) is 8.54. The lowest BCUT2D eigenvalue weighted by Crippen LogP contribution is -2.12. The fourth-order valence-electron chi connectivity index (χ4n) is 1.60. The number of carbonyl (C=O) groups excluding carboxylic acids is 1. The highest BCUT2D eigenvalue weighted by atomic mass is 79.9. The number of nitrogens with one attached hydrogen (secondary N) is 1. The first-order valence-electron chi connectivity index (χ1n) is 5.34. The van der Waals surface area contributed by atoms with Crippen molar-refractivity contribution in [3.05, 3.63) is 52.3 Å². The molecule has 0 saturated carbocycles. The maximum absolute atomic E-state index is 12.0. The van der Waals surface area contributed by atoms with Crippen LogP contribution in [0.4, 0.5) is 11.4 Å². The molecule has 2 aromatic rings. The normalized spacial score (nSPS) is 10.1. The molecular formula is C13H12BrN3O. The molecule has 3 N–H and O–H groups in total. The van der Waals surface area contributed by atoms with Gasteiger partial charge < -0.3 is 11.1 Å². The van der Waals surface area contributed by atoms with E-state index in [-0.39, 0.29) is 5.91 Å². The van der Waals surface area contributed by atoms with Crippen molar-refractivity contribution in [3.8, 4) is 0 Å². The third kappa shape index (κ3) is 3.07. The van der Waals surface area contributed by atoms with Crippen LogP contribution in [0.2, 0.25) is 0 Å². The van der Waals surface area contributed by atoms with Crippen LogP contribution in [0.25, 0.3) is 0 Å². The largest absolute Gasteiger partial charge is 0.399 e. The fraction of sp³-hybridized carbons (Fsp3) is 0.0769. The number of nitrogens with two attached hydrogens (primary N) is 1. The van der Waals surface area contributed by atoms with Gasteiger partial charge >= 0.3 is 0 Å². The van der Waals surface area contributed by atoms with Gasteiger partial charge in [-0.3, -0.25) is 4.79 Å². The second kappa shape index (κ2) is 5.18. The molecule has 0 aliphatic heterocycles. The predicted octanol–water partition coefficient (Wildman–Crippen LogP) is 2.99. The molecular weight excluding hydrogens is 294 g/mol.